The summed E-state index contributed by atoms with van der Waals surface area (Å²) in [5.74, 6) is 0. The molecule has 0 atom stereocenters. The molecule has 124 heavy (non-hydrogen) atoms. The summed E-state index contributed by atoms with van der Waals surface area (Å²) < 4.78 is 14.4. The average molecular weight is 1590 g/mol. The van der Waals surface area contributed by atoms with Gasteiger partial charge in [0.05, 0.1) is 66.2 Å². The van der Waals surface area contributed by atoms with Crippen LogP contribution in [0, 0.1) is 27.7 Å². The Morgan fingerprint density at radius 1 is 0.145 bits per heavy atom. The van der Waals surface area contributed by atoms with Crippen molar-refractivity contribution in [3.05, 3.63) is 445 Å². The second kappa shape index (κ2) is 28.7. The van der Waals surface area contributed by atoms with Crippen LogP contribution in [0.2, 0.25) is 0 Å². The van der Waals surface area contributed by atoms with Gasteiger partial charge in [0.1, 0.15) is 0 Å². The second-order valence-corrected chi connectivity index (χ2v) is 35.1. The van der Waals surface area contributed by atoms with Gasteiger partial charge in [0.2, 0.25) is 0 Å². The minimum absolute atomic E-state index is 0.00794. The van der Waals surface area contributed by atoms with E-state index < -0.39 is 0 Å². The number of nitrogens with zero attached hydrogens (tertiary/aromatic N) is 6. The number of hydrogen-bond donors (Lipinski definition) is 0. The van der Waals surface area contributed by atoms with Gasteiger partial charge in [-0.1, -0.05) is 274 Å². The van der Waals surface area contributed by atoms with Crippen molar-refractivity contribution in [2.24, 2.45) is 0 Å². The molecule has 592 valence electrons. The Morgan fingerprint density at radius 2 is 0.395 bits per heavy atom. The largest absolute Gasteiger partial charge is 0.309 e. The van der Waals surface area contributed by atoms with Gasteiger partial charge in [-0.2, -0.15) is 0 Å². The van der Waals surface area contributed by atoms with Gasteiger partial charge in [-0.25, -0.2) is 0 Å². The van der Waals surface area contributed by atoms with Gasteiger partial charge in [-0.15, -0.1) is 0 Å². The van der Waals surface area contributed by atoms with E-state index in [1.807, 2.05) is 0 Å². The zero-order valence-corrected chi connectivity index (χ0v) is 70.8. The molecule has 2 aliphatic carbocycles. The summed E-state index contributed by atoms with van der Waals surface area (Å²) in [5, 5.41) is 15.6. The van der Waals surface area contributed by atoms with E-state index in [9.17, 15) is 0 Å². The summed E-state index contributed by atoms with van der Waals surface area (Å²) >= 11 is 0. The highest BCUT2D eigenvalue weighted by Crippen LogP contribution is 2.54. The Bertz CT molecular complexity index is 8400. The fourth-order valence-corrected chi connectivity index (χ4v) is 21.0. The third kappa shape index (κ3) is 11.6. The van der Waals surface area contributed by atoms with Crippen LogP contribution in [0.5, 0.6) is 0 Å². The SMILES string of the molecule is Cc1ccc2c(c1)C(C)(C)c1cc3c4ccccc4n(-c4ccccc4)c3cc1-2.Cc1ccc2c(c1)c1cc3c(cc1n2-c1ccccc1)C(C)(C)c1ccccc1-3.Cc1ccc2c(c1)c1cc3c(cc1n2-c1ccccc1)c1ccccc1n3-c1ccccc1.Cc1ccc2c(c1)c1cc3c4ccccc4n(-c4ccccc4)c3cc1n2-c1ccccc1. The molecule has 26 rings (SSSR count). The van der Waals surface area contributed by atoms with E-state index in [-0.39, 0.29) is 10.8 Å². The van der Waals surface area contributed by atoms with Crippen molar-refractivity contribution >= 4 is 131 Å². The number of benzene rings is 18. The lowest BCUT2D eigenvalue weighted by Crippen LogP contribution is -2.15. The maximum absolute atomic E-state index is 2.45. The van der Waals surface area contributed by atoms with Crippen LogP contribution in [-0.2, 0) is 10.8 Å². The first-order valence-corrected chi connectivity index (χ1v) is 43.4. The molecule has 0 bridgehead atoms. The highest BCUT2D eigenvalue weighted by molar-refractivity contribution is 6.22. The summed E-state index contributed by atoms with van der Waals surface area (Å²) in [4.78, 5) is 0. The predicted octanol–water partition coefficient (Wildman–Crippen LogP) is 31.2. The van der Waals surface area contributed by atoms with E-state index in [0.29, 0.717) is 0 Å². The first-order chi connectivity index (χ1) is 60.7. The van der Waals surface area contributed by atoms with Crippen molar-refractivity contribution in [3.63, 3.8) is 0 Å². The molecule has 6 heteroatoms. The van der Waals surface area contributed by atoms with Crippen LogP contribution in [0.1, 0.15) is 72.2 Å². The Hall–Kier alpha value is -15.2. The van der Waals surface area contributed by atoms with Crippen molar-refractivity contribution in [1.29, 1.82) is 0 Å². The number of aromatic nitrogens is 6. The second-order valence-electron chi connectivity index (χ2n) is 35.1. The molecule has 0 saturated heterocycles. The maximum Gasteiger partial charge on any atom is 0.0562 e. The molecule has 0 spiro atoms. The van der Waals surface area contributed by atoms with E-state index >= 15 is 0 Å². The van der Waals surface area contributed by atoms with Crippen LogP contribution < -0.4 is 0 Å². The molecule has 0 amide bonds. The monoisotopic (exact) mass is 1590 g/mol. The lowest BCUT2D eigenvalue weighted by atomic mass is 9.81. The van der Waals surface area contributed by atoms with Gasteiger partial charge in [-0.3, -0.25) is 0 Å². The number of para-hydroxylation sites is 9. The molecule has 6 heterocycles. The van der Waals surface area contributed by atoms with Gasteiger partial charge in [-0.05, 0) is 248 Å². The molecule has 0 unspecified atom stereocenters. The van der Waals surface area contributed by atoms with Crippen molar-refractivity contribution in [3.8, 4) is 56.4 Å². The Balaban J connectivity index is 0.0000000957. The summed E-state index contributed by atoms with van der Waals surface area (Å²) in [5.41, 5.74) is 38.6. The van der Waals surface area contributed by atoms with Crippen LogP contribution in [0.25, 0.3) is 187 Å². The molecule has 0 N–H and O–H groups in total. The molecule has 6 nitrogen and oxygen atoms in total. The minimum atomic E-state index is 0.00794. The van der Waals surface area contributed by atoms with Crippen molar-refractivity contribution in [2.45, 2.75) is 66.2 Å². The van der Waals surface area contributed by atoms with Crippen molar-refractivity contribution in [2.75, 3.05) is 0 Å². The molecule has 0 fully saturated rings. The zero-order valence-electron chi connectivity index (χ0n) is 70.8. The van der Waals surface area contributed by atoms with Gasteiger partial charge in [0.15, 0.2) is 0 Å². The summed E-state index contributed by atoms with van der Waals surface area (Å²) in [6, 6.07) is 146. The highest BCUT2D eigenvalue weighted by atomic mass is 15.0. The number of hydrogen-bond acceptors (Lipinski definition) is 0. The van der Waals surface area contributed by atoms with E-state index in [1.54, 1.807) is 0 Å². The molecule has 0 aliphatic heterocycles. The summed E-state index contributed by atoms with van der Waals surface area (Å²) in [6.07, 6.45) is 0. The standard InChI is InChI=1S/2C31H22N2.2C28H23N/c1-21-16-17-29-25(18-21)27-20-30-26(19-31(27)33(29)23-12-6-3-7-13-23)24-14-8-9-15-28(24)32(30)22-10-4-2-5-11-22;1-21-16-17-29-25(18-21)27-19-26-24-14-8-9-15-28(24)32(22-10-4-2-5-11-22)30(26)20-31(27)33(29)23-12-6-3-7-13-23;1-18-13-14-20-22-17-27-23(16-25(22)28(2,3)24(20)15-18)21-11-7-8-12-26(21)29(27)19-9-5-4-6-10-19;1-18-13-14-26-22(15-18)23-16-21-20-11-7-8-12-24(20)28(2,3)25(21)17-27(23)29(26)19-9-5-4-6-10-19/h2*2-20H,1H3;2*4-17H,1-3H3. The Morgan fingerprint density at radius 3 is 0.815 bits per heavy atom. The molecule has 18 aromatic carbocycles. The molecular weight excluding hydrogens is 1500 g/mol. The Labute approximate surface area is 720 Å². The van der Waals surface area contributed by atoms with E-state index in [4.69, 9.17) is 0 Å². The number of rotatable bonds is 6. The first-order valence-electron chi connectivity index (χ1n) is 43.4. The molecular formula is C118H90N6. The normalized spacial score (nSPS) is 13.0. The molecule has 2 aliphatic rings. The van der Waals surface area contributed by atoms with Crippen molar-refractivity contribution in [1.82, 2.24) is 27.4 Å². The number of fused-ring (bicyclic) bond motifs is 24. The van der Waals surface area contributed by atoms with E-state index in [2.05, 4.69) is 483 Å². The average Bonchev–Trinajstić information content (AvgIpc) is 1.49. The van der Waals surface area contributed by atoms with Crippen LogP contribution in [-0.4, -0.2) is 27.4 Å². The summed E-state index contributed by atoms with van der Waals surface area (Å²) in [7, 11) is 0. The Kier molecular flexibility index (Phi) is 17.1. The van der Waals surface area contributed by atoms with Crippen LogP contribution >= 0.6 is 0 Å². The minimum Gasteiger partial charge on any atom is -0.309 e. The smallest absolute Gasteiger partial charge is 0.0562 e. The van der Waals surface area contributed by atoms with Crippen molar-refractivity contribution < 1.29 is 0 Å². The maximum atomic E-state index is 2.45. The summed E-state index contributed by atoms with van der Waals surface area (Å²) in [6.45, 7) is 18.1. The fraction of sp³-hybridized carbons (Fsp3) is 0.0847. The molecule has 0 saturated carbocycles. The van der Waals surface area contributed by atoms with Gasteiger partial charge >= 0.3 is 0 Å². The van der Waals surface area contributed by atoms with Gasteiger partial charge in [0, 0.05) is 110 Å². The zero-order chi connectivity index (χ0) is 83.4. The van der Waals surface area contributed by atoms with E-state index in [0.717, 1.165) is 0 Å². The number of aryl methyl sites for hydroxylation is 4. The van der Waals surface area contributed by atoms with Crippen LogP contribution in [0.4, 0.5) is 0 Å². The quantitative estimate of drug-likeness (QED) is 0.159. The third-order valence-corrected chi connectivity index (χ3v) is 26.8. The topological polar surface area (TPSA) is 29.6 Å². The third-order valence-electron chi connectivity index (χ3n) is 26.8. The molecule has 24 aromatic rings. The van der Waals surface area contributed by atoms with E-state index in [1.165, 1.54) is 232 Å². The van der Waals surface area contributed by atoms with Crippen LogP contribution in [0.15, 0.2) is 400 Å². The lowest BCUT2D eigenvalue weighted by Gasteiger charge is -2.22. The molecule has 6 aromatic heterocycles. The predicted molar refractivity (Wildman–Crippen MR) is 526 cm³/mol. The lowest BCUT2D eigenvalue weighted by molar-refractivity contribution is 0.660. The van der Waals surface area contributed by atoms with Crippen LogP contribution in [0.3, 0.4) is 0 Å². The van der Waals surface area contributed by atoms with Gasteiger partial charge in [0.25, 0.3) is 0 Å². The highest BCUT2D eigenvalue weighted by Gasteiger charge is 2.38. The van der Waals surface area contributed by atoms with Gasteiger partial charge < -0.3 is 27.4 Å². The fourth-order valence-electron chi connectivity index (χ4n) is 21.0. The first kappa shape index (κ1) is 73.9. The molecule has 0 radical (unpaired) electrons.